The number of nitrogens with zero attached hydrogens (tertiary/aromatic N) is 1. The van der Waals surface area contributed by atoms with E-state index < -0.39 is 5.97 Å². The van der Waals surface area contributed by atoms with Gasteiger partial charge in [-0.1, -0.05) is 6.42 Å². The zero-order chi connectivity index (χ0) is 13.5. The van der Waals surface area contributed by atoms with E-state index in [1.807, 2.05) is 5.01 Å². The second-order valence-electron chi connectivity index (χ2n) is 4.64. The van der Waals surface area contributed by atoms with E-state index in [0.717, 1.165) is 12.8 Å². The second kappa shape index (κ2) is 7.20. The molecule has 6 heteroatoms. The van der Waals surface area contributed by atoms with E-state index in [0.29, 0.717) is 18.7 Å². The van der Waals surface area contributed by atoms with E-state index >= 15 is 0 Å². The Morgan fingerprint density at radius 3 is 2.44 bits per heavy atom. The standard InChI is InChI=1S/C12H23N3O3/c1-4-18-11(16)8-13-12(17)14-15-9(2)6-5-7-10(15)3/h9-10H,4-8H2,1-3H3,(H2,13,14,17). The summed E-state index contributed by atoms with van der Waals surface area (Å²) in [5.41, 5.74) is 2.79. The van der Waals surface area contributed by atoms with Crippen LogP contribution in [0.15, 0.2) is 0 Å². The van der Waals surface area contributed by atoms with Crippen molar-refractivity contribution in [3.8, 4) is 0 Å². The van der Waals surface area contributed by atoms with Gasteiger partial charge in [0.15, 0.2) is 0 Å². The molecule has 1 aliphatic heterocycles. The molecular formula is C12H23N3O3. The number of hydrazine groups is 1. The van der Waals surface area contributed by atoms with Gasteiger partial charge in [0.1, 0.15) is 6.54 Å². The summed E-state index contributed by atoms with van der Waals surface area (Å²) in [7, 11) is 0. The van der Waals surface area contributed by atoms with Gasteiger partial charge in [0.2, 0.25) is 0 Å². The molecule has 2 amide bonds. The lowest BCUT2D eigenvalue weighted by Gasteiger charge is -2.38. The van der Waals surface area contributed by atoms with Crippen LogP contribution in [-0.2, 0) is 9.53 Å². The van der Waals surface area contributed by atoms with Crippen molar-refractivity contribution in [3.63, 3.8) is 0 Å². The van der Waals surface area contributed by atoms with Crippen LogP contribution in [0.25, 0.3) is 0 Å². The largest absolute Gasteiger partial charge is 0.465 e. The molecule has 0 aromatic rings. The quantitative estimate of drug-likeness (QED) is 0.738. The van der Waals surface area contributed by atoms with Gasteiger partial charge in [0.05, 0.1) is 6.61 Å². The molecule has 2 N–H and O–H groups in total. The Balaban J connectivity index is 2.32. The van der Waals surface area contributed by atoms with Crippen molar-refractivity contribution in [2.45, 2.75) is 52.1 Å². The Labute approximate surface area is 108 Å². The normalized spacial score (nSPS) is 24.4. The molecule has 0 spiro atoms. The van der Waals surface area contributed by atoms with Crippen molar-refractivity contribution in [2.75, 3.05) is 13.2 Å². The lowest BCUT2D eigenvalue weighted by molar-refractivity contribution is -0.141. The third-order valence-electron chi connectivity index (χ3n) is 3.12. The fourth-order valence-electron chi connectivity index (χ4n) is 2.16. The number of esters is 1. The molecule has 1 saturated heterocycles. The summed E-state index contributed by atoms with van der Waals surface area (Å²) < 4.78 is 4.73. The van der Waals surface area contributed by atoms with Crippen LogP contribution in [0.5, 0.6) is 0 Å². The summed E-state index contributed by atoms with van der Waals surface area (Å²) in [6.07, 6.45) is 3.33. The van der Waals surface area contributed by atoms with E-state index in [1.54, 1.807) is 6.92 Å². The fourth-order valence-corrected chi connectivity index (χ4v) is 2.16. The van der Waals surface area contributed by atoms with Crippen LogP contribution < -0.4 is 10.7 Å². The summed E-state index contributed by atoms with van der Waals surface area (Å²) in [5, 5.41) is 4.44. The average molecular weight is 257 g/mol. The number of urea groups is 1. The van der Waals surface area contributed by atoms with Crippen molar-refractivity contribution in [1.29, 1.82) is 0 Å². The summed E-state index contributed by atoms with van der Waals surface area (Å²) in [5.74, 6) is -0.424. The predicted molar refractivity (Wildman–Crippen MR) is 67.8 cm³/mol. The second-order valence-corrected chi connectivity index (χ2v) is 4.64. The zero-order valence-corrected chi connectivity index (χ0v) is 11.4. The topological polar surface area (TPSA) is 70.7 Å². The summed E-state index contributed by atoms with van der Waals surface area (Å²) >= 11 is 0. The van der Waals surface area contributed by atoms with Crippen LogP contribution in [0.4, 0.5) is 4.79 Å². The third kappa shape index (κ3) is 4.52. The Kier molecular flexibility index (Phi) is 5.91. The van der Waals surface area contributed by atoms with Crippen molar-refractivity contribution in [2.24, 2.45) is 0 Å². The molecule has 1 fully saturated rings. The number of nitrogens with one attached hydrogen (secondary N) is 2. The number of ether oxygens (including phenoxy) is 1. The maximum Gasteiger partial charge on any atom is 0.329 e. The SMILES string of the molecule is CCOC(=O)CNC(=O)NN1C(C)CCCC1C. The fraction of sp³-hybridized carbons (Fsp3) is 0.833. The first-order chi connectivity index (χ1) is 8.54. The predicted octanol–water partition coefficient (Wildman–Crippen LogP) is 1.03. The first kappa shape index (κ1) is 14.8. The first-order valence-electron chi connectivity index (χ1n) is 6.53. The molecule has 1 aliphatic rings. The van der Waals surface area contributed by atoms with Crippen molar-refractivity contribution >= 4 is 12.0 Å². The average Bonchev–Trinajstić information content (AvgIpc) is 2.32. The molecule has 2 atom stereocenters. The highest BCUT2D eigenvalue weighted by atomic mass is 16.5. The molecule has 0 aromatic heterocycles. The van der Waals surface area contributed by atoms with E-state index in [4.69, 9.17) is 4.74 Å². The van der Waals surface area contributed by atoms with E-state index in [9.17, 15) is 9.59 Å². The molecule has 0 aliphatic carbocycles. The number of hydrogen-bond donors (Lipinski definition) is 2. The summed E-state index contributed by atoms with van der Waals surface area (Å²) in [4.78, 5) is 22.7. The minimum atomic E-state index is -0.424. The highest BCUT2D eigenvalue weighted by Crippen LogP contribution is 2.19. The molecule has 0 radical (unpaired) electrons. The molecule has 104 valence electrons. The van der Waals surface area contributed by atoms with E-state index in [2.05, 4.69) is 24.6 Å². The molecular weight excluding hydrogens is 234 g/mol. The zero-order valence-electron chi connectivity index (χ0n) is 11.4. The molecule has 0 aromatic carbocycles. The number of carbonyl (C=O) groups excluding carboxylic acids is 2. The van der Waals surface area contributed by atoms with Crippen LogP contribution in [0.1, 0.15) is 40.0 Å². The Morgan fingerprint density at radius 1 is 1.28 bits per heavy atom. The van der Waals surface area contributed by atoms with Gasteiger partial charge in [-0.05, 0) is 33.6 Å². The number of amides is 2. The molecule has 18 heavy (non-hydrogen) atoms. The number of hydrogen-bond acceptors (Lipinski definition) is 4. The van der Waals surface area contributed by atoms with Gasteiger partial charge in [-0.15, -0.1) is 0 Å². The lowest BCUT2D eigenvalue weighted by Crippen LogP contribution is -2.56. The summed E-state index contributed by atoms with van der Waals surface area (Å²) in [6, 6.07) is 0.285. The molecule has 0 saturated carbocycles. The smallest absolute Gasteiger partial charge is 0.329 e. The van der Waals surface area contributed by atoms with Gasteiger partial charge in [-0.3, -0.25) is 10.2 Å². The Morgan fingerprint density at radius 2 is 1.89 bits per heavy atom. The molecule has 6 nitrogen and oxygen atoms in total. The molecule has 1 heterocycles. The van der Waals surface area contributed by atoms with Gasteiger partial charge in [-0.2, -0.15) is 0 Å². The first-order valence-corrected chi connectivity index (χ1v) is 6.53. The summed E-state index contributed by atoms with van der Waals surface area (Å²) in [6.45, 7) is 6.12. The van der Waals surface area contributed by atoms with E-state index in [1.165, 1.54) is 6.42 Å². The lowest BCUT2D eigenvalue weighted by atomic mass is 10.00. The van der Waals surface area contributed by atoms with Crippen LogP contribution in [0, 0.1) is 0 Å². The van der Waals surface area contributed by atoms with Gasteiger partial charge < -0.3 is 10.1 Å². The minimum absolute atomic E-state index is 0.101. The van der Waals surface area contributed by atoms with Crippen LogP contribution in [0.3, 0.4) is 0 Å². The van der Waals surface area contributed by atoms with Gasteiger partial charge in [0.25, 0.3) is 0 Å². The highest BCUT2D eigenvalue weighted by molar-refractivity contribution is 5.80. The van der Waals surface area contributed by atoms with Gasteiger partial charge >= 0.3 is 12.0 Å². The maximum atomic E-state index is 11.6. The van der Waals surface area contributed by atoms with Crippen molar-refractivity contribution in [1.82, 2.24) is 15.8 Å². The van der Waals surface area contributed by atoms with Gasteiger partial charge in [-0.25, -0.2) is 9.80 Å². The Hall–Kier alpha value is -1.30. The van der Waals surface area contributed by atoms with Crippen molar-refractivity contribution in [3.05, 3.63) is 0 Å². The van der Waals surface area contributed by atoms with Crippen LogP contribution in [0.2, 0.25) is 0 Å². The number of piperidine rings is 1. The molecule has 2 unspecified atom stereocenters. The molecule has 0 bridgehead atoms. The highest BCUT2D eigenvalue weighted by Gasteiger charge is 2.26. The van der Waals surface area contributed by atoms with Crippen molar-refractivity contribution < 1.29 is 14.3 Å². The van der Waals surface area contributed by atoms with Crippen LogP contribution >= 0.6 is 0 Å². The monoisotopic (exact) mass is 257 g/mol. The molecule has 1 rings (SSSR count). The third-order valence-corrected chi connectivity index (χ3v) is 3.12. The number of rotatable bonds is 4. The van der Waals surface area contributed by atoms with E-state index in [-0.39, 0.29) is 12.6 Å². The minimum Gasteiger partial charge on any atom is -0.465 e. The number of carbonyl (C=O) groups is 2. The van der Waals surface area contributed by atoms with Crippen LogP contribution in [-0.4, -0.2) is 42.2 Å². The maximum absolute atomic E-state index is 11.6. The Bertz CT molecular complexity index is 286. The van der Waals surface area contributed by atoms with Gasteiger partial charge in [0, 0.05) is 12.1 Å².